The van der Waals surface area contributed by atoms with Crippen molar-refractivity contribution in [3.05, 3.63) is 41.2 Å². The van der Waals surface area contributed by atoms with Crippen molar-refractivity contribution in [2.24, 2.45) is 5.73 Å². The minimum absolute atomic E-state index is 0.298. The Morgan fingerprint density at radius 2 is 2.28 bits per heavy atom. The molecule has 0 aliphatic carbocycles. The second-order valence-corrected chi connectivity index (χ2v) is 4.76. The minimum Gasteiger partial charge on any atom is -0.366 e. The van der Waals surface area contributed by atoms with Gasteiger partial charge in [0.15, 0.2) is 0 Å². The van der Waals surface area contributed by atoms with Crippen molar-refractivity contribution < 1.29 is 4.79 Å². The summed E-state index contributed by atoms with van der Waals surface area (Å²) in [5, 5.41) is 3.37. The number of nitrogens with two attached hydrogens (primary N) is 1. The van der Waals surface area contributed by atoms with Gasteiger partial charge in [0.05, 0.1) is 5.70 Å². The molecule has 0 bridgehead atoms. The van der Waals surface area contributed by atoms with Gasteiger partial charge >= 0.3 is 0 Å². The van der Waals surface area contributed by atoms with Gasteiger partial charge in [-0.1, -0.05) is 18.2 Å². The fourth-order valence-electron chi connectivity index (χ4n) is 3.00. The highest BCUT2D eigenvalue weighted by atomic mass is 16.1. The van der Waals surface area contributed by atoms with Gasteiger partial charge in [0.25, 0.3) is 5.91 Å². The molecular formula is C14H17N3O. The fraction of sp³-hybridized carbons (Fsp3) is 0.357. The Morgan fingerprint density at radius 1 is 1.50 bits per heavy atom. The zero-order valence-electron chi connectivity index (χ0n) is 10.4. The second kappa shape index (κ2) is 4.05. The first kappa shape index (κ1) is 11.1. The number of amides is 1. The third kappa shape index (κ3) is 1.49. The number of primary amides is 1. The first-order valence-electron chi connectivity index (χ1n) is 6.37. The van der Waals surface area contributed by atoms with E-state index in [1.165, 1.54) is 5.56 Å². The number of carbonyl (C=O) groups excluding carboxylic acids is 1. The average Bonchev–Trinajstić information content (AvgIpc) is 2.75. The maximum absolute atomic E-state index is 11.7. The summed E-state index contributed by atoms with van der Waals surface area (Å²) < 4.78 is 0. The van der Waals surface area contributed by atoms with Crippen LogP contribution in [0.5, 0.6) is 0 Å². The summed E-state index contributed by atoms with van der Waals surface area (Å²) in [6, 6.07) is 8.22. The lowest BCUT2D eigenvalue weighted by molar-refractivity contribution is -0.116. The molecule has 1 atom stereocenters. The van der Waals surface area contributed by atoms with Crippen molar-refractivity contribution in [1.82, 2.24) is 4.90 Å². The number of allylic oxidation sites excluding steroid dienone is 1. The van der Waals surface area contributed by atoms with E-state index in [0.29, 0.717) is 11.6 Å². The molecule has 2 aliphatic rings. The Balaban J connectivity index is 2.12. The Morgan fingerprint density at radius 3 is 3.00 bits per heavy atom. The van der Waals surface area contributed by atoms with E-state index >= 15 is 0 Å². The van der Waals surface area contributed by atoms with E-state index in [4.69, 9.17) is 5.73 Å². The smallest absolute Gasteiger partial charge is 0.266 e. The monoisotopic (exact) mass is 243 g/mol. The number of anilines is 1. The van der Waals surface area contributed by atoms with Crippen LogP contribution in [0.25, 0.3) is 0 Å². The number of hydrogen-bond donors (Lipinski definition) is 2. The number of fused-ring (bicyclic) bond motifs is 3. The van der Waals surface area contributed by atoms with Crippen LogP contribution in [0.2, 0.25) is 0 Å². The van der Waals surface area contributed by atoms with E-state index < -0.39 is 0 Å². The third-order valence-corrected chi connectivity index (χ3v) is 3.83. The quantitative estimate of drug-likeness (QED) is 0.829. The summed E-state index contributed by atoms with van der Waals surface area (Å²) in [7, 11) is 0. The largest absolute Gasteiger partial charge is 0.366 e. The van der Waals surface area contributed by atoms with Gasteiger partial charge in [-0.2, -0.15) is 0 Å². The van der Waals surface area contributed by atoms with Crippen LogP contribution in [0, 0.1) is 0 Å². The maximum atomic E-state index is 11.7. The predicted octanol–water partition coefficient (Wildman–Crippen LogP) is 1.62. The van der Waals surface area contributed by atoms with Gasteiger partial charge in [0.2, 0.25) is 0 Å². The summed E-state index contributed by atoms with van der Waals surface area (Å²) in [5.74, 6) is -0.0386. The zero-order chi connectivity index (χ0) is 12.7. The van der Waals surface area contributed by atoms with E-state index in [1.54, 1.807) is 0 Å². The molecule has 0 fully saturated rings. The van der Waals surface area contributed by atoms with E-state index in [2.05, 4.69) is 22.3 Å². The van der Waals surface area contributed by atoms with Crippen LogP contribution < -0.4 is 11.1 Å². The molecule has 0 saturated heterocycles. The van der Waals surface area contributed by atoms with Crippen molar-refractivity contribution in [3.8, 4) is 0 Å². The molecule has 4 heteroatoms. The van der Waals surface area contributed by atoms with Crippen LogP contribution in [0.1, 0.15) is 24.8 Å². The predicted molar refractivity (Wildman–Crippen MR) is 70.9 cm³/mol. The number of para-hydroxylation sites is 1. The Kier molecular flexibility index (Phi) is 2.51. The number of nitrogens with zero attached hydrogens (tertiary/aromatic N) is 1. The third-order valence-electron chi connectivity index (χ3n) is 3.83. The number of likely N-dealkylation sites (N-methyl/N-ethyl adjacent to an activating group) is 1. The van der Waals surface area contributed by atoms with Gasteiger partial charge in [0.1, 0.15) is 5.70 Å². The van der Waals surface area contributed by atoms with Crippen molar-refractivity contribution in [2.75, 3.05) is 18.4 Å². The van der Waals surface area contributed by atoms with E-state index in [1.807, 2.05) is 19.1 Å². The summed E-state index contributed by atoms with van der Waals surface area (Å²) in [6.07, 6.45) is 1.03. The molecule has 2 heterocycles. The Hall–Kier alpha value is -1.97. The number of benzene rings is 1. The molecule has 0 radical (unpaired) electrons. The number of nitrogens with one attached hydrogen (secondary N) is 1. The van der Waals surface area contributed by atoms with Crippen LogP contribution in [-0.4, -0.2) is 23.9 Å². The molecule has 0 saturated carbocycles. The molecule has 94 valence electrons. The Bertz CT molecular complexity index is 536. The topological polar surface area (TPSA) is 58.4 Å². The van der Waals surface area contributed by atoms with Crippen molar-refractivity contribution in [2.45, 2.75) is 19.3 Å². The second-order valence-electron chi connectivity index (χ2n) is 4.76. The molecule has 3 N–H and O–H groups in total. The summed E-state index contributed by atoms with van der Waals surface area (Å²) in [6.45, 7) is 3.75. The zero-order valence-corrected chi connectivity index (χ0v) is 10.4. The van der Waals surface area contributed by atoms with Crippen LogP contribution in [0.3, 0.4) is 0 Å². The SMILES string of the molecule is CCN1CCC2C(=C1C(N)=O)Nc1ccccc12. The molecule has 0 spiro atoms. The van der Waals surface area contributed by atoms with Crippen LogP contribution in [-0.2, 0) is 4.79 Å². The normalized spacial score (nSPS) is 21.4. The lowest BCUT2D eigenvalue weighted by atomic mass is 9.91. The maximum Gasteiger partial charge on any atom is 0.266 e. The molecule has 1 unspecified atom stereocenters. The Labute approximate surface area is 106 Å². The first-order chi connectivity index (χ1) is 8.72. The van der Waals surface area contributed by atoms with E-state index in [9.17, 15) is 4.79 Å². The van der Waals surface area contributed by atoms with Gasteiger partial charge in [-0.05, 0) is 25.0 Å². The summed E-state index contributed by atoms with van der Waals surface area (Å²) in [4.78, 5) is 13.8. The molecule has 1 aromatic rings. The molecule has 4 nitrogen and oxygen atoms in total. The standard InChI is InChI=1S/C14H17N3O/c1-2-17-8-7-10-9-5-3-4-6-11(9)16-12(10)13(17)14(15)18/h3-6,10,16H,2,7-8H2,1H3,(H2,15,18). The molecule has 3 rings (SSSR count). The highest BCUT2D eigenvalue weighted by molar-refractivity contribution is 5.94. The van der Waals surface area contributed by atoms with E-state index in [0.717, 1.165) is 30.9 Å². The summed E-state index contributed by atoms with van der Waals surface area (Å²) >= 11 is 0. The minimum atomic E-state index is -0.336. The van der Waals surface area contributed by atoms with Crippen molar-refractivity contribution >= 4 is 11.6 Å². The van der Waals surface area contributed by atoms with Crippen LogP contribution in [0.4, 0.5) is 5.69 Å². The number of hydrogen-bond acceptors (Lipinski definition) is 3. The molecule has 1 aromatic carbocycles. The lowest BCUT2D eigenvalue weighted by Gasteiger charge is -2.33. The van der Waals surface area contributed by atoms with Gasteiger partial charge in [-0.3, -0.25) is 4.79 Å². The first-order valence-corrected chi connectivity index (χ1v) is 6.37. The van der Waals surface area contributed by atoms with Gasteiger partial charge < -0.3 is 16.0 Å². The molecular weight excluding hydrogens is 226 g/mol. The summed E-state index contributed by atoms with van der Waals surface area (Å²) in [5.41, 5.74) is 9.57. The van der Waals surface area contributed by atoms with Crippen LogP contribution in [0.15, 0.2) is 35.7 Å². The molecule has 1 amide bonds. The molecule has 2 aliphatic heterocycles. The van der Waals surface area contributed by atoms with Gasteiger partial charge in [-0.15, -0.1) is 0 Å². The highest BCUT2D eigenvalue weighted by Gasteiger charge is 2.36. The number of carbonyl (C=O) groups is 1. The van der Waals surface area contributed by atoms with E-state index in [-0.39, 0.29) is 5.91 Å². The molecule has 18 heavy (non-hydrogen) atoms. The van der Waals surface area contributed by atoms with Gasteiger partial charge in [-0.25, -0.2) is 0 Å². The van der Waals surface area contributed by atoms with Crippen molar-refractivity contribution in [1.29, 1.82) is 0 Å². The van der Waals surface area contributed by atoms with Crippen molar-refractivity contribution in [3.63, 3.8) is 0 Å². The average molecular weight is 243 g/mol. The van der Waals surface area contributed by atoms with Gasteiger partial charge in [0, 0.05) is 24.7 Å². The van der Waals surface area contributed by atoms with Crippen LogP contribution >= 0.6 is 0 Å². The molecule has 0 aromatic heterocycles. The number of rotatable bonds is 2. The highest BCUT2D eigenvalue weighted by Crippen LogP contribution is 2.44. The lowest BCUT2D eigenvalue weighted by Crippen LogP contribution is -2.38. The fourth-order valence-corrected chi connectivity index (χ4v) is 3.00.